The van der Waals surface area contributed by atoms with Gasteiger partial charge >= 0.3 is 11.9 Å². The first-order valence-corrected chi connectivity index (χ1v) is 7.72. The Bertz CT molecular complexity index is 764. The molecule has 118 valence electrons. The summed E-state index contributed by atoms with van der Waals surface area (Å²) in [6, 6.07) is 14.0. The third-order valence-corrected chi connectivity index (χ3v) is 4.43. The van der Waals surface area contributed by atoms with Crippen LogP contribution in [0.2, 0.25) is 0 Å². The number of fused-ring (bicyclic) bond motifs is 3. The van der Waals surface area contributed by atoms with E-state index >= 15 is 0 Å². The lowest BCUT2D eigenvalue weighted by Crippen LogP contribution is -2.06. The minimum absolute atomic E-state index is 0.0299. The zero-order valence-corrected chi connectivity index (χ0v) is 12.7. The van der Waals surface area contributed by atoms with Gasteiger partial charge in [0.1, 0.15) is 0 Å². The van der Waals surface area contributed by atoms with Crippen LogP contribution in [0, 0.1) is 0 Å². The van der Waals surface area contributed by atoms with Crippen LogP contribution in [0.15, 0.2) is 42.5 Å². The molecule has 2 N–H and O–H groups in total. The summed E-state index contributed by atoms with van der Waals surface area (Å²) in [5.41, 5.74) is 5.51. The van der Waals surface area contributed by atoms with Gasteiger partial charge in [0.2, 0.25) is 0 Å². The van der Waals surface area contributed by atoms with Gasteiger partial charge in [-0.3, -0.25) is 9.59 Å². The second-order valence-electron chi connectivity index (χ2n) is 5.84. The lowest BCUT2D eigenvalue weighted by atomic mass is 9.88. The molecule has 0 bridgehead atoms. The molecule has 0 amide bonds. The maximum atomic E-state index is 11.0. The zero-order chi connectivity index (χ0) is 16.4. The molecule has 3 rings (SSSR count). The average molecular weight is 310 g/mol. The molecule has 1 aliphatic carbocycles. The van der Waals surface area contributed by atoms with Crippen LogP contribution in [-0.4, -0.2) is 22.2 Å². The second-order valence-corrected chi connectivity index (χ2v) is 5.84. The third kappa shape index (κ3) is 2.97. The van der Waals surface area contributed by atoms with Crippen LogP contribution in [-0.2, 0) is 16.0 Å². The summed E-state index contributed by atoms with van der Waals surface area (Å²) >= 11 is 0. The lowest BCUT2D eigenvalue weighted by molar-refractivity contribution is -0.138. The van der Waals surface area contributed by atoms with Crippen molar-refractivity contribution >= 4 is 11.9 Å². The molecule has 0 heterocycles. The summed E-state index contributed by atoms with van der Waals surface area (Å²) < 4.78 is 0. The van der Waals surface area contributed by atoms with Crippen molar-refractivity contribution in [2.75, 3.05) is 0 Å². The first-order chi connectivity index (χ1) is 11.1. The van der Waals surface area contributed by atoms with Crippen molar-refractivity contribution in [2.24, 2.45) is 0 Å². The van der Waals surface area contributed by atoms with Crippen molar-refractivity contribution in [3.8, 4) is 11.1 Å². The molecule has 0 radical (unpaired) electrons. The average Bonchev–Trinajstić information content (AvgIpc) is 2.85. The number of hydrogen-bond donors (Lipinski definition) is 2. The van der Waals surface area contributed by atoms with E-state index in [1.54, 1.807) is 0 Å². The van der Waals surface area contributed by atoms with Crippen LogP contribution in [0.1, 0.15) is 41.9 Å². The van der Waals surface area contributed by atoms with Gasteiger partial charge in [-0.1, -0.05) is 42.5 Å². The number of aryl methyl sites for hydroxylation is 1. The third-order valence-electron chi connectivity index (χ3n) is 4.43. The van der Waals surface area contributed by atoms with Crippen LogP contribution in [0.25, 0.3) is 11.1 Å². The molecule has 4 heteroatoms. The Morgan fingerprint density at radius 3 is 2.30 bits per heavy atom. The van der Waals surface area contributed by atoms with E-state index in [-0.39, 0.29) is 18.8 Å². The van der Waals surface area contributed by atoms with Crippen molar-refractivity contribution in [1.29, 1.82) is 0 Å². The molecule has 0 saturated carbocycles. The van der Waals surface area contributed by atoms with Gasteiger partial charge in [0.15, 0.2) is 0 Å². The molecule has 0 fully saturated rings. The number of benzene rings is 2. The Hall–Kier alpha value is -2.62. The van der Waals surface area contributed by atoms with Gasteiger partial charge in [0.25, 0.3) is 0 Å². The molecule has 0 spiro atoms. The normalized spacial score (nSPS) is 15.0. The maximum absolute atomic E-state index is 11.0. The highest BCUT2D eigenvalue weighted by Crippen LogP contribution is 2.48. The molecule has 0 aliphatic heterocycles. The smallest absolute Gasteiger partial charge is 0.303 e. The fourth-order valence-corrected chi connectivity index (χ4v) is 3.49. The van der Waals surface area contributed by atoms with Crippen LogP contribution in [0.5, 0.6) is 0 Å². The molecule has 1 unspecified atom stereocenters. The summed E-state index contributed by atoms with van der Waals surface area (Å²) in [5, 5.41) is 18.0. The minimum atomic E-state index is -0.819. The van der Waals surface area contributed by atoms with Gasteiger partial charge in [0.05, 0.1) is 0 Å². The summed E-state index contributed by atoms with van der Waals surface area (Å²) in [7, 11) is 0. The van der Waals surface area contributed by atoms with Crippen LogP contribution < -0.4 is 0 Å². The molecule has 2 aromatic rings. The van der Waals surface area contributed by atoms with E-state index in [0.29, 0.717) is 12.8 Å². The van der Waals surface area contributed by atoms with Crippen molar-refractivity contribution < 1.29 is 19.8 Å². The first-order valence-electron chi connectivity index (χ1n) is 7.72. The van der Waals surface area contributed by atoms with Crippen molar-refractivity contribution in [3.63, 3.8) is 0 Å². The summed E-state index contributed by atoms with van der Waals surface area (Å²) in [6.07, 6.45) is 1.18. The van der Waals surface area contributed by atoms with E-state index in [0.717, 1.165) is 27.8 Å². The number of hydrogen-bond acceptors (Lipinski definition) is 2. The SMILES string of the molecule is O=C(O)CCc1cccc2c1C(CCC(=O)O)c1ccccc1-2. The molecule has 4 nitrogen and oxygen atoms in total. The van der Waals surface area contributed by atoms with E-state index in [1.807, 2.05) is 36.4 Å². The van der Waals surface area contributed by atoms with E-state index < -0.39 is 11.9 Å². The topological polar surface area (TPSA) is 74.6 Å². The Morgan fingerprint density at radius 2 is 1.57 bits per heavy atom. The van der Waals surface area contributed by atoms with E-state index in [1.165, 1.54) is 0 Å². The number of carboxylic acids is 2. The van der Waals surface area contributed by atoms with Crippen molar-refractivity contribution in [2.45, 2.75) is 31.6 Å². The quantitative estimate of drug-likeness (QED) is 0.853. The highest BCUT2D eigenvalue weighted by atomic mass is 16.4. The molecule has 1 aliphatic rings. The largest absolute Gasteiger partial charge is 0.481 e. The fraction of sp³-hybridized carbons (Fsp3) is 0.263. The summed E-state index contributed by atoms with van der Waals surface area (Å²) in [4.78, 5) is 21.9. The van der Waals surface area contributed by atoms with Gasteiger partial charge in [-0.25, -0.2) is 0 Å². The number of carbonyl (C=O) groups is 2. The van der Waals surface area contributed by atoms with E-state index in [2.05, 4.69) is 6.07 Å². The molecule has 0 aromatic heterocycles. The number of rotatable bonds is 6. The molecule has 2 aromatic carbocycles. The molecule has 1 atom stereocenters. The fourth-order valence-electron chi connectivity index (χ4n) is 3.49. The molecule has 23 heavy (non-hydrogen) atoms. The van der Waals surface area contributed by atoms with Gasteiger partial charge in [-0.2, -0.15) is 0 Å². The first kappa shape index (κ1) is 15.3. The predicted octanol–water partition coefficient (Wildman–Crippen LogP) is 3.68. The summed E-state index contributed by atoms with van der Waals surface area (Å²) in [5.74, 6) is -1.60. The maximum Gasteiger partial charge on any atom is 0.303 e. The van der Waals surface area contributed by atoms with Crippen LogP contribution in [0.3, 0.4) is 0 Å². The van der Waals surface area contributed by atoms with Gasteiger partial charge in [-0.05, 0) is 40.7 Å². The van der Waals surface area contributed by atoms with E-state index in [9.17, 15) is 9.59 Å². The summed E-state index contributed by atoms with van der Waals surface area (Å²) in [6.45, 7) is 0. The molecule has 0 saturated heterocycles. The van der Waals surface area contributed by atoms with Gasteiger partial charge in [0, 0.05) is 18.8 Å². The highest BCUT2D eigenvalue weighted by molar-refractivity contribution is 5.80. The van der Waals surface area contributed by atoms with Gasteiger partial charge < -0.3 is 10.2 Å². The molecular formula is C19H18O4. The zero-order valence-electron chi connectivity index (χ0n) is 12.7. The lowest BCUT2D eigenvalue weighted by Gasteiger charge is -2.16. The highest BCUT2D eigenvalue weighted by Gasteiger charge is 2.30. The predicted molar refractivity (Wildman–Crippen MR) is 86.5 cm³/mol. The van der Waals surface area contributed by atoms with Gasteiger partial charge in [-0.15, -0.1) is 0 Å². The Morgan fingerprint density at radius 1 is 0.870 bits per heavy atom. The Balaban J connectivity index is 2.04. The van der Waals surface area contributed by atoms with Crippen LogP contribution >= 0.6 is 0 Å². The number of aliphatic carboxylic acids is 2. The standard InChI is InChI=1S/C19H18O4/c20-17(21)10-8-12-4-3-7-15-13-5-1-2-6-14(13)16(19(12)15)9-11-18(22)23/h1-7,16H,8-11H2,(H,20,21)(H,22,23). The van der Waals surface area contributed by atoms with Crippen LogP contribution in [0.4, 0.5) is 0 Å². The number of carboxylic acid groups (broad SMARTS) is 2. The Labute approximate surface area is 134 Å². The van der Waals surface area contributed by atoms with Crippen molar-refractivity contribution in [3.05, 3.63) is 59.2 Å². The second kappa shape index (κ2) is 6.24. The monoisotopic (exact) mass is 310 g/mol. The Kier molecular flexibility index (Phi) is 4.15. The van der Waals surface area contributed by atoms with Crippen molar-refractivity contribution in [1.82, 2.24) is 0 Å². The van der Waals surface area contributed by atoms with E-state index in [4.69, 9.17) is 10.2 Å². The minimum Gasteiger partial charge on any atom is -0.481 e. The molecular weight excluding hydrogens is 292 g/mol.